The van der Waals surface area contributed by atoms with Crippen LogP contribution in [0.4, 0.5) is 0 Å². The second kappa shape index (κ2) is 4.92. The van der Waals surface area contributed by atoms with Gasteiger partial charge in [0.25, 0.3) is 5.91 Å². The molecule has 5 heteroatoms. The van der Waals surface area contributed by atoms with Crippen LogP contribution < -0.4 is 0 Å². The molecule has 1 aromatic heterocycles. The first-order chi connectivity index (χ1) is 9.20. The van der Waals surface area contributed by atoms with Gasteiger partial charge < -0.3 is 14.7 Å². The molecule has 0 saturated carbocycles. The van der Waals surface area contributed by atoms with Crippen LogP contribution in [0.3, 0.4) is 0 Å². The predicted molar refractivity (Wildman–Crippen MR) is 74.5 cm³/mol. The number of fused-ring (bicyclic) bond motifs is 1. The van der Waals surface area contributed by atoms with Gasteiger partial charge in [0.05, 0.1) is 11.7 Å². The summed E-state index contributed by atoms with van der Waals surface area (Å²) in [6.07, 6.45) is -0.882. The first-order valence-corrected chi connectivity index (χ1v) is 7.05. The van der Waals surface area contributed by atoms with Crippen molar-refractivity contribution in [3.63, 3.8) is 0 Å². The molecule has 19 heavy (non-hydrogen) atoms. The molecule has 0 bridgehead atoms. The van der Waals surface area contributed by atoms with Crippen molar-refractivity contribution in [2.45, 2.75) is 12.2 Å². The zero-order chi connectivity index (χ0) is 13.4. The van der Waals surface area contributed by atoms with Gasteiger partial charge in [0.15, 0.2) is 0 Å². The normalized spacial score (nSPS) is 23.2. The molecule has 1 amide bonds. The molecule has 1 aromatic carbocycles. The number of amides is 1. The largest absolute Gasteiger partial charge is 0.388 e. The molecule has 2 atom stereocenters. The van der Waals surface area contributed by atoms with E-state index in [1.54, 1.807) is 23.3 Å². The van der Waals surface area contributed by atoms with Gasteiger partial charge in [-0.3, -0.25) is 4.79 Å². The van der Waals surface area contributed by atoms with Crippen LogP contribution in [0.1, 0.15) is 10.4 Å². The Morgan fingerprint density at radius 1 is 1.42 bits per heavy atom. The third-order valence-corrected chi connectivity index (χ3v) is 4.50. The van der Waals surface area contributed by atoms with E-state index in [2.05, 4.69) is 0 Å². The number of hydrogen-bond donors (Lipinski definition) is 1. The zero-order valence-corrected chi connectivity index (χ0v) is 11.4. The quantitative estimate of drug-likeness (QED) is 0.909. The van der Waals surface area contributed by atoms with E-state index in [0.29, 0.717) is 18.7 Å². The molecule has 100 valence electrons. The van der Waals surface area contributed by atoms with Gasteiger partial charge in [0.2, 0.25) is 0 Å². The Hall–Kier alpha value is -1.43. The number of benzene rings is 1. The number of β-amino-alcohol motifs (C(OH)–C–C–N with tert-alkyl or cyclic N) is 1. The smallest absolute Gasteiger partial charge is 0.255 e. The number of methoxy groups -OCH3 is 1. The zero-order valence-electron chi connectivity index (χ0n) is 10.6. The standard InChI is InChI=1S/C14H15NO3S/c1-18-12-7-15(6-11(12)16)14(17)10-8-19-13-5-3-2-4-9(10)13/h2-5,8,11-12,16H,6-7H2,1H3/t11-,12-/m1/s1. The maximum absolute atomic E-state index is 12.5. The average molecular weight is 277 g/mol. The molecule has 2 aromatic rings. The van der Waals surface area contributed by atoms with Crippen molar-refractivity contribution < 1.29 is 14.6 Å². The van der Waals surface area contributed by atoms with Crippen LogP contribution >= 0.6 is 11.3 Å². The van der Waals surface area contributed by atoms with Crippen LogP contribution in [-0.4, -0.2) is 48.3 Å². The van der Waals surface area contributed by atoms with Crippen molar-refractivity contribution in [1.29, 1.82) is 0 Å². The second-order valence-electron chi connectivity index (χ2n) is 4.70. The Kier molecular flexibility index (Phi) is 3.26. The first-order valence-electron chi connectivity index (χ1n) is 6.17. The predicted octanol–water partition coefficient (Wildman–Crippen LogP) is 1.73. The minimum absolute atomic E-state index is 0.0314. The number of aliphatic hydroxyl groups is 1. The Morgan fingerprint density at radius 3 is 2.95 bits per heavy atom. The van der Waals surface area contributed by atoms with Gasteiger partial charge in [-0.05, 0) is 6.07 Å². The van der Waals surface area contributed by atoms with Crippen molar-refractivity contribution in [2.75, 3.05) is 20.2 Å². The highest BCUT2D eigenvalue weighted by Crippen LogP contribution is 2.27. The molecule has 1 aliphatic heterocycles. The molecule has 1 fully saturated rings. The third-order valence-electron chi connectivity index (χ3n) is 3.54. The maximum atomic E-state index is 12.5. The Labute approximate surface area is 115 Å². The van der Waals surface area contributed by atoms with Crippen molar-refractivity contribution in [3.05, 3.63) is 35.2 Å². The summed E-state index contributed by atoms with van der Waals surface area (Å²) < 4.78 is 6.27. The second-order valence-corrected chi connectivity index (χ2v) is 5.61. The van der Waals surface area contributed by atoms with Crippen LogP contribution in [0.15, 0.2) is 29.6 Å². The molecule has 2 heterocycles. The number of nitrogens with zero attached hydrogens (tertiary/aromatic N) is 1. The summed E-state index contributed by atoms with van der Waals surface area (Å²) in [6, 6.07) is 7.86. The van der Waals surface area contributed by atoms with Crippen LogP contribution in [0, 0.1) is 0 Å². The molecule has 0 spiro atoms. The lowest BCUT2D eigenvalue weighted by Crippen LogP contribution is -2.29. The molecule has 0 radical (unpaired) electrons. The fraction of sp³-hybridized carbons (Fsp3) is 0.357. The molecule has 4 nitrogen and oxygen atoms in total. The van der Waals surface area contributed by atoms with Crippen molar-refractivity contribution in [1.82, 2.24) is 4.90 Å². The molecule has 1 aliphatic rings. The molecular weight excluding hydrogens is 262 g/mol. The Morgan fingerprint density at radius 2 is 2.21 bits per heavy atom. The van der Waals surface area contributed by atoms with Gasteiger partial charge in [-0.25, -0.2) is 0 Å². The average Bonchev–Trinajstić information content (AvgIpc) is 3.01. The lowest BCUT2D eigenvalue weighted by molar-refractivity contribution is 0.0215. The lowest BCUT2D eigenvalue weighted by Gasteiger charge is -2.15. The maximum Gasteiger partial charge on any atom is 0.255 e. The number of aliphatic hydroxyl groups excluding tert-OH is 1. The summed E-state index contributed by atoms with van der Waals surface area (Å²) in [6.45, 7) is 0.780. The van der Waals surface area contributed by atoms with Gasteiger partial charge in [0, 0.05) is 35.7 Å². The highest BCUT2D eigenvalue weighted by Gasteiger charge is 2.34. The molecule has 1 N–H and O–H groups in total. The number of carbonyl (C=O) groups excluding carboxylic acids is 1. The summed E-state index contributed by atoms with van der Waals surface area (Å²) in [5, 5.41) is 12.7. The molecule has 0 unspecified atom stereocenters. The van der Waals surface area contributed by atoms with E-state index in [4.69, 9.17) is 4.74 Å². The monoisotopic (exact) mass is 277 g/mol. The van der Waals surface area contributed by atoms with E-state index in [9.17, 15) is 9.90 Å². The highest BCUT2D eigenvalue weighted by molar-refractivity contribution is 7.17. The van der Waals surface area contributed by atoms with E-state index < -0.39 is 6.10 Å². The Bertz CT molecular complexity index is 610. The van der Waals surface area contributed by atoms with Crippen LogP contribution in [0.2, 0.25) is 0 Å². The van der Waals surface area contributed by atoms with E-state index >= 15 is 0 Å². The summed E-state index contributed by atoms with van der Waals surface area (Å²) in [7, 11) is 1.56. The molecule has 0 aliphatic carbocycles. The Balaban J connectivity index is 1.89. The minimum atomic E-state index is -0.598. The number of likely N-dealkylation sites (tertiary alicyclic amines) is 1. The lowest BCUT2D eigenvalue weighted by atomic mass is 10.1. The summed E-state index contributed by atoms with van der Waals surface area (Å²) in [5.41, 5.74) is 0.713. The van der Waals surface area contributed by atoms with Crippen LogP contribution in [-0.2, 0) is 4.74 Å². The van der Waals surface area contributed by atoms with E-state index in [0.717, 1.165) is 10.1 Å². The first kappa shape index (κ1) is 12.6. The van der Waals surface area contributed by atoms with Crippen LogP contribution in [0.25, 0.3) is 10.1 Å². The van der Waals surface area contributed by atoms with Crippen molar-refractivity contribution in [3.8, 4) is 0 Å². The van der Waals surface area contributed by atoms with Crippen molar-refractivity contribution in [2.24, 2.45) is 0 Å². The summed E-state index contributed by atoms with van der Waals surface area (Å²) >= 11 is 1.57. The summed E-state index contributed by atoms with van der Waals surface area (Å²) in [5.74, 6) is -0.0314. The highest BCUT2D eigenvalue weighted by atomic mass is 32.1. The van der Waals surface area contributed by atoms with Crippen molar-refractivity contribution >= 4 is 27.3 Å². The number of carbonyl (C=O) groups is 1. The fourth-order valence-corrected chi connectivity index (χ4v) is 3.40. The number of hydrogen-bond acceptors (Lipinski definition) is 4. The van der Waals surface area contributed by atoms with Gasteiger partial charge in [-0.2, -0.15) is 0 Å². The van der Waals surface area contributed by atoms with E-state index in [1.807, 2.05) is 29.6 Å². The van der Waals surface area contributed by atoms with Gasteiger partial charge in [0.1, 0.15) is 6.10 Å². The number of rotatable bonds is 2. The van der Waals surface area contributed by atoms with E-state index in [1.165, 1.54) is 0 Å². The molecular formula is C14H15NO3S. The third kappa shape index (κ3) is 2.14. The van der Waals surface area contributed by atoms with Crippen LogP contribution in [0.5, 0.6) is 0 Å². The topological polar surface area (TPSA) is 49.8 Å². The molecule has 1 saturated heterocycles. The van der Waals surface area contributed by atoms with Gasteiger partial charge >= 0.3 is 0 Å². The van der Waals surface area contributed by atoms with Gasteiger partial charge in [-0.15, -0.1) is 11.3 Å². The fourth-order valence-electron chi connectivity index (χ4n) is 2.47. The summed E-state index contributed by atoms with van der Waals surface area (Å²) in [4.78, 5) is 14.2. The number of thiophene rings is 1. The van der Waals surface area contributed by atoms with Gasteiger partial charge in [-0.1, -0.05) is 18.2 Å². The van der Waals surface area contributed by atoms with E-state index in [-0.39, 0.29) is 12.0 Å². The minimum Gasteiger partial charge on any atom is -0.388 e. The number of ether oxygens (including phenoxy) is 1. The molecule has 3 rings (SSSR count). The SMILES string of the molecule is CO[C@@H]1CN(C(=O)c2csc3ccccc23)C[C@H]1O.